The van der Waals surface area contributed by atoms with Crippen LogP contribution in [0.25, 0.3) is 0 Å². The zero-order valence-electron chi connectivity index (χ0n) is 5.28. The minimum absolute atomic E-state index is 0.221. The summed E-state index contributed by atoms with van der Waals surface area (Å²) in [5.74, 6) is 1.15. The molecule has 2 heteroatoms. The third-order valence-electron chi connectivity index (χ3n) is 0.899. The van der Waals surface area contributed by atoms with Crippen molar-refractivity contribution in [3.63, 3.8) is 0 Å². The standard InChI is InChI=1S/C6H11ClO/c1-5(4-7)3-6(2)8/h5H,3-4H2,1-2H3/t5-/m0/s1. The Kier molecular flexibility index (Phi) is 3.88. The first-order chi connectivity index (χ1) is 3.66. The predicted octanol–water partition coefficient (Wildman–Crippen LogP) is 1.84. The van der Waals surface area contributed by atoms with Crippen LogP contribution in [0.1, 0.15) is 20.3 Å². The number of hydrogen-bond donors (Lipinski definition) is 0. The Balaban J connectivity index is 3.24. The monoisotopic (exact) mass is 134 g/mol. The molecule has 0 fully saturated rings. The number of Topliss-reactive ketones (excluding diaryl/α,β-unsaturated/α-hetero) is 1. The van der Waals surface area contributed by atoms with Gasteiger partial charge in [-0.3, -0.25) is 0 Å². The lowest BCUT2D eigenvalue weighted by atomic mass is 10.1. The zero-order valence-corrected chi connectivity index (χ0v) is 6.03. The second kappa shape index (κ2) is 3.90. The Morgan fingerprint density at radius 1 is 1.75 bits per heavy atom. The van der Waals surface area contributed by atoms with Crippen LogP contribution < -0.4 is 0 Å². The number of hydrogen-bond acceptors (Lipinski definition) is 1. The second-order valence-corrected chi connectivity index (χ2v) is 2.47. The summed E-state index contributed by atoms with van der Waals surface area (Å²) < 4.78 is 0. The third kappa shape index (κ3) is 4.13. The van der Waals surface area contributed by atoms with Gasteiger partial charge in [-0.05, 0) is 12.8 Å². The number of halogens is 1. The molecule has 8 heavy (non-hydrogen) atoms. The van der Waals surface area contributed by atoms with E-state index in [-0.39, 0.29) is 5.78 Å². The molecule has 0 aliphatic heterocycles. The van der Waals surface area contributed by atoms with Crippen molar-refractivity contribution in [2.24, 2.45) is 5.92 Å². The van der Waals surface area contributed by atoms with Gasteiger partial charge in [0, 0.05) is 12.3 Å². The van der Waals surface area contributed by atoms with Gasteiger partial charge < -0.3 is 4.79 Å². The molecule has 0 unspecified atom stereocenters. The molecule has 0 aliphatic rings. The molecule has 0 amide bonds. The van der Waals surface area contributed by atoms with E-state index in [9.17, 15) is 4.79 Å². The molecule has 0 saturated heterocycles. The van der Waals surface area contributed by atoms with Gasteiger partial charge in [0.15, 0.2) is 0 Å². The molecule has 1 atom stereocenters. The highest BCUT2D eigenvalue weighted by molar-refractivity contribution is 6.18. The van der Waals surface area contributed by atoms with E-state index in [2.05, 4.69) is 0 Å². The molecule has 0 N–H and O–H groups in total. The van der Waals surface area contributed by atoms with Crippen molar-refractivity contribution in [3.05, 3.63) is 0 Å². The summed E-state index contributed by atoms with van der Waals surface area (Å²) in [6.45, 7) is 3.55. The van der Waals surface area contributed by atoms with Crippen LogP contribution >= 0.6 is 11.6 Å². The Bertz CT molecular complexity index is 80.6. The summed E-state index contributed by atoms with van der Waals surface area (Å²) >= 11 is 5.44. The van der Waals surface area contributed by atoms with Crippen LogP contribution in [0.2, 0.25) is 0 Å². The van der Waals surface area contributed by atoms with Gasteiger partial charge >= 0.3 is 0 Å². The highest BCUT2D eigenvalue weighted by Crippen LogP contribution is 2.03. The summed E-state index contributed by atoms with van der Waals surface area (Å²) in [5, 5.41) is 0. The molecule has 0 radical (unpaired) electrons. The molecular weight excluding hydrogens is 124 g/mol. The van der Waals surface area contributed by atoms with Gasteiger partial charge in [-0.1, -0.05) is 6.92 Å². The Hall–Kier alpha value is -0.0400. The normalized spacial score (nSPS) is 13.4. The average molecular weight is 135 g/mol. The Morgan fingerprint density at radius 3 is 2.38 bits per heavy atom. The van der Waals surface area contributed by atoms with E-state index < -0.39 is 0 Å². The zero-order chi connectivity index (χ0) is 6.57. The summed E-state index contributed by atoms with van der Waals surface area (Å²) in [6.07, 6.45) is 0.615. The van der Waals surface area contributed by atoms with Crippen molar-refractivity contribution < 1.29 is 4.79 Å². The summed E-state index contributed by atoms with van der Waals surface area (Å²) in [6, 6.07) is 0. The lowest BCUT2D eigenvalue weighted by Gasteiger charge is -2.00. The Morgan fingerprint density at radius 2 is 2.25 bits per heavy atom. The highest BCUT2D eigenvalue weighted by Gasteiger charge is 2.01. The number of carbonyl (C=O) groups is 1. The van der Waals surface area contributed by atoms with E-state index in [1.807, 2.05) is 6.92 Å². The quantitative estimate of drug-likeness (QED) is 0.539. The van der Waals surface area contributed by atoms with Crippen molar-refractivity contribution in [1.82, 2.24) is 0 Å². The van der Waals surface area contributed by atoms with Crippen LogP contribution in [0, 0.1) is 5.92 Å². The van der Waals surface area contributed by atoms with E-state index in [0.29, 0.717) is 18.2 Å². The molecule has 0 rings (SSSR count). The van der Waals surface area contributed by atoms with Crippen LogP contribution in [0.4, 0.5) is 0 Å². The van der Waals surface area contributed by atoms with Gasteiger partial charge in [-0.15, -0.1) is 11.6 Å². The maximum atomic E-state index is 10.4. The summed E-state index contributed by atoms with van der Waals surface area (Å²) in [7, 11) is 0. The molecule has 0 bridgehead atoms. The molecule has 0 spiro atoms. The van der Waals surface area contributed by atoms with Crippen LogP contribution in [-0.2, 0) is 4.79 Å². The molecule has 0 aromatic rings. The first-order valence-corrected chi connectivity index (χ1v) is 3.25. The Labute approximate surface area is 55.0 Å². The second-order valence-electron chi connectivity index (χ2n) is 2.17. The highest BCUT2D eigenvalue weighted by atomic mass is 35.5. The largest absolute Gasteiger partial charge is 0.300 e. The number of alkyl halides is 1. The van der Waals surface area contributed by atoms with E-state index >= 15 is 0 Å². The van der Waals surface area contributed by atoms with Gasteiger partial charge in [0.05, 0.1) is 0 Å². The van der Waals surface area contributed by atoms with E-state index in [1.165, 1.54) is 0 Å². The molecule has 0 saturated carbocycles. The van der Waals surface area contributed by atoms with E-state index in [1.54, 1.807) is 6.92 Å². The van der Waals surface area contributed by atoms with Crippen LogP contribution in [0.3, 0.4) is 0 Å². The molecule has 0 aromatic carbocycles. The van der Waals surface area contributed by atoms with Gasteiger partial charge in [0.1, 0.15) is 5.78 Å². The third-order valence-corrected chi connectivity index (χ3v) is 1.43. The number of ketones is 1. The van der Waals surface area contributed by atoms with E-state index in [0.717, 1.165) is 0 Å². The van der Waals surface area contributed by atoms with Gasteiger partial charge in [0.25, 0.3) is 0 Å². The SMILES string of the molecule is CC(=O)C[C@H](C)CCl. The minimum Gasteiger partial charge on any atom is -0.300 e. The fourth-order valence-electron chi connectivity index (χ4n) is 0.545. The predicted molar refractivity (Wildman–Crippen MR) is 35.2 cm³/mol. The van der Waals surface area contributed by atoms with Crippen molar-refractivity contribution in [3.8, 4) is 0 Å². The topological polar surface area (TPSA) is 17.1 Å². The summed E-state index contributed by atoms with van der Waals surface area (Å²) in [4.78, 5) is 10.4. The van der Waals surface area contributed by atoms with Crippen LogP contribution in [-0.4, -0.2) is 11.7 Å². The lowest BCUT2D eigenvalue weighted by molar-refractivity contribution is -0.117. The molecule has 1 nitrogen and oxygen atoms in total. The maximum Gasteiger partial charge on any atom is 0.130 e. The van der Waals surface area contributed by atoms with Gasteiger partial charge in [0.2, 0.25) is 0 Å². The minimum atomic E-state index is 0.221. The maximum absolute atomic E-state index is 10.4. The number of carbonyl (C=O) groups excluding carboxylic acids is 1. The fraction of sp³-hybridized carbons (Fsp3) is 0.833. The van der Waals surface area contributed by atoms with Crippen LogP contribution in [0.5, 0.6) is 0 Å². The number of rotatable bonds is 3. The fourth-order valence-corrected chi connectivity index (χ4v) is 0.654. The molecule has 0 heterocycles. The first-order valence-electron chi connectivity index (χ1n) is 2.72. The van der Waals surface area contributed by atoms with Gasteiger partial charge in [-0.2, -0.15) is 0 Å². The van der Waals surface area contributed by atoms with Crippen molar-refractivity contribution in [1.29, 1.82) is 0 Å². The lowest BCUT2D eigenvalue weighted by Crippen LogP contribution is -2.01. The van der Waals surface area contributed by atoms with Gasteiger partial charge in [-0.25, -0.2) is 0 Å². The molecular formula is C6H11ClO. The molecule has 0 aliphatic carbocycles. The van der Waals surface area contributed by atoms with Crippen LogP contribution in [0.15, 0.2) is 0 Å². The molecule has 0 aromatic heterocycles. The smallest absolute Gasteiger partial charge is 0.130 e. The average Bonchev–Trinajstić information content (AvgIpc) is 1.65. The molecule has 48 valence electrons. The van der Waals surface area contributed by atoms with E-state index in [4.69, 9.17) is 11.6 Å². The summed E-state index contributed by atoms with van der Waals surface area (Å²) in [5.41, 5.74) is 0. The first kappa shape index (κ1) is 7.96. The van der Waals surface area contributed by atoms with Crippen molar-refractivity contribution in [2.75, 3.05) is 5.88 Å². The van der Waals surface area contributed by atoms with Crippen molar-refractivity contribution in [2.45, 2.75) is 20.3 Å². The van der Waals surface area contributed by atoms with Crippen molar-refractivity contribution >= 4 is 17.4 Å².